The molecule has 0 spiro atoms. The molecule has 150 valence electrons. The monoisotopic (exact) mass is 401 g/mol. The molecule has 0 aromatic heterocycles. The second-order valence-electron chi connectivity index (χ2n) is 7.02. The summed E-state index contributed by atoms with van der Waals surface area (Å²) in [7, 11) is 0. The molecule has 0 radical (unpaired) electrons. The van der Waals surface area contributed by atoms with Gasteiger partial charge in [0.15, 0.2) is 12.4 Å². The standard InChI is InChI=1S/C24H19NO5/c26-20(16-7-2-1-3-8-16)15-30-21(27)13-6-14-25-23(28)18-11-4-9-17-10-5-12-19(22(17)18)24(25)29/h1-5,7-12H,6,13-15H2. The Morgan fingerprint density at radius 1 is 0.800 bits per heavy atom. The number of hydrogen-bond donors (Lipinski definition) is 0. The molecule has 0 aliphatic carbocycles. The van der Waals surface area contributed by atoms with Crippen molar-refractivity contribution in [3.05, 3.63) is 83.4 Å². The van der Waals surface area contributed by atoms with E-state index in [4.69, 9.17) is 4.74 Å². The summed E-state index contributed by atoms with van der Waals surface area (Å²) in [6.07, 6.45) is 0.263. The number of carbonyl (C=O) groups is 4. The summed E-state index contributed by atoms with van der Waals surface area (Å²) in [6.45, 7) is -0.232. The number of amides is 2. The smallest absolute Gasteiger partial charge is 0.306 e. The maximum absolute atomic E-state index is 12.8. The number of carbonyl (C=O) groups excluding carboxylic acids is 4. The van der Waals surface area contributed by atoms with Crippen molar-refractivity contribution < 1.29 is 23.9 Å². The van der Waals surface area contributed by atoms with Crippen molar-refractivity contribution in [2.24, 2.45) is 0 Å². The Morgan fingerprint density at radius 3 is 2.07 bits per heavy atom. The van der Waals surface area contributed by atoms with E-state index in [2.05, 4.69) is 0 Å². The molecule has 3 aromatic carbocycles. The summed E-state index contributed by atoms with van der Waals surface area (Å²) in [5.41, 5.74) is 1.44. The molecule has 0 saturated carbocycles. The van der Waals surface area contributed by atoms with E-state index >= 15 is 0 Å². The molecule has 0 unspecified atom stereocenters. The van der Waals surface area contributed by atoms with Crippen LogP contribution in [0.15, 0.2) is 66.7 Å². The van der Waals surface area contributed by atoms with Gasteiger partial charge in [0.1, 0.15) is 0 Å². The number of esters is 1. The Hall–Kier alpha value is -3.80. The van der Waals surface area contributed by atoms with Gasteiger partial charge in [0.05, 0.1) is 0 Å². The van der Waals surface area contributed by atoms with Gasteiger partial charge in [0.25, 0.3) is 11.8 Å². The second kappa shape index (κ2) is 8.29. The molecule has 0 saturated heterocycles. The Kier molecular flexibility index (Phi) is 5.39. The highest BCUT2D eigenvalue weighted by molar-refractivity contribution is 6.25. The number of hydrogen-bond acceptors (Lipinski definition) is 5. The molecule has 0 N–H and O–H groups in total. The zero-order valence-corrected chi connectivity index (χ0v) is 16.2. The molecule has 6 heteroatoms. The molecule has 30 heavy (non-hydrogen) atoms. The van der Waals surface area contributed by atoms with Crippen LogP contribution in [0.1, 0.15) is 43.9 Å². The van der Waals surface area contributed by atoms with Crippen molar-refractivity contribution in [1.82, 2.24) is 4.90 Å². The second-order valence-corrected chi connectivity index (χ2v) is 7.02. The van der Waals surface area contributed by atoms with Crippen molar-refractivity contribution in [3.8, 4) is 0 Å². The Balaban J connectivity index is 1.34. The molecule has 0 fully saturated rings. The van der Waals surface area contributed by atoms with E-state index in [1.807, 2.05) is 12.1 Å². The van der Waals surface area contributed by atoms with Crippen molar-refractivity contribution >= 4 is 34.3 Å². The van der Waals surface area contributed by atoms with Crippen LogP contribution in [-0.2, 0) is 9.53 Å². The van der Waals surface area contributed by atoms with Crippen molar-refractivity contribution in [3.63, 3.8) is 0 Å². The summed E-state index contributed by atoms with van der Waals surface area (Å²) >= 11 is 0. The molecule has 1 aliphatic rings. The van der Waals surface area contributed by atoms with E-state index < -0.39 is 5.97 Å². The first-order chi connectivity index (χ1) is 14.6. The van der Waals surface area contributed by atoms with Gasteiger partial charge < -0.3 is 4.74 Å². The number of Topliss-reactive ketones (excluding diaryl/α,β-unsaturated/α-hetero) is 1. The Morgan fingerprint density at radius 2 is 1.43 bits per heavy atom. The predicted molar refractivity (Wildman–Crippen MR) is 110 cm³/mol. The minimum atomic E-state index is -0.543. The van der Waals surface area contributed by atoms with E-state index in [-0.39, 0.29) is 43.6 Å². The molecule has 6 nitrogen and oxygen atoms in total. The van der Waals surface area contributed by atoms with Crippen LogP contribution in [0.2, 0.25) is 0 Å². The fourth-order valence-electron chi connectivity index (χ4n) is 3.59. The van der Waals surface area contributed by atoms with Crippen LogP contribution in [0, 0.1) is 0 Å². The van der Waals surface area contributed by atoms with Crippen LogP contribution < -0.4 is 0 Å². The van der Waals surface area contributed by atoms with Crippen molar-refractivity contribution in [2.75, 3.05) is 13.2 Å². The summed E-state index contributed by atoms with van der Waals surface area (Å²) in [4.78, 5) is 50.7. The van der Waals surface area contributed by atoms with Crippen molar-refractivity contribution in [2.45, 2.75) is 12.8 Å². The lowest BCUT2D eigenvalue weighted by molar-refractivity contribution is -0.142. The molecular formula is C24H19NO5. The van der Waals surface area contributed by atoms with E-state index in [1.54, 1.807) is 54.6 Å². The quantitative estimate of drug-likeness (QED) is 0.343. The zero-order chi connectivity index (χ0) is 21.1. The lowest BCUT2D eigenvalue weighted by atomic mass is 9.94. The summed E-state index contributed by atoms with van der Waals surface area (Å²) < 4.78 is 5.03. The largest absolute Gasteiger partial charge is 0.457 e. The fraction of sp³-hybridized carbons (Fsp3) is 0.167. The fourth-order valence-corrected chi connectivity index (χ4v) is 3.59. The lowest BCUT2D eigenvalue weighted by Crippen LogP contribution is -2.41. The van der Waals surface area contributed by atoms with Gasteiger partial charge in [-0.05, 0) is 23.9 Å². The number of nitrogens with zero attached hydrogens (tertiary/aromatic N) is 1. The average molecular weight is 401 g/mol. The average Bonchev–Trinajstić information content (AvgIpc) is 2.78. The van der Waals surface area contributed by atoms with Crippen molar-refractivity contribution in [1.29, 1.82) is 0 Å². The Labute approximate surface area is 173 Å². The van der Waals surface area contributed by atoms with Crippen LogP contribution in [0.4, 0.5) is 0 Å². The third kappa shape index (κ3) is 3.72. The van der Waals surface area contributed by atoms with E-state index in [0.717, 1.165) is 5.39 Å². The minimum Gasteiger partial charge on any atom is -0.457 e. The van der Waals surface area contributed by atoms with Gasteiger partial charge in [-0.15, -0.1) is 0 Å². The summed E-state index contributed by atoms with van der Waals surface area (Å²) in [5.74, 6) is -1.55. The van der Waals surface area contributed by atoms with Crippen LogP contribution in [0.3, 0.4) is 0 Å². The third-order valence-electron chi connectivity index (χ3n) is 5.08. The summed E-state index contributed by atoms with van der Waals surface area (Å²) in [5, 5.41) is 1.52. The minimum absolute atomic E-state index is 0.00494. The predicted octanol–water partition coefficient (Wildman–Crippen LogP) is 3.64. The van der Waals surface area contributed by atoms with E-state index in [1.165, 1.54) is 4.90 Å². The van der Waals surface area contributed by atoms with Crippen LogP contribution in [0.25, 0.3) is 10.8 Å². The topological polar surface area (TPSA) is 80.8 Å². The van der Waals surface area contributed by atoms with Gasteiger partial charge in [-0.2, -0.15) is 0 Å². The molecule has 4 rings (SSSR count). The molecule has 2 amide bonds. The zero-order valence-electron chi connectivity index (χ0n) is 16.2. The van der Waals surface area contributed by atoms with Crippen LogP contribution in [-0.4, -0.2) is 41.6 Å². The number of rotatable bonds is 7. The number of ketones is 1. The first-order valence-electron chi connectivity index (χ1n) is 9.68. The van der Waals surface area contributed by atoms with Crippen LogP contribution >= 0.6 is 0 Å². The molecule has 0 bridgehead atoms. The highest BCUT2D eigenvalue weighted by Gasteiger charge is 2.32. The van der Waals surface area contributed by atoms with Gasteiger partial charge in [-0.25, -0.2) is 0 Å². The molecule has 1 heterocycles. The lowest BCUT2D eigenvalue weighted by Gasteiger charge is -2.27. The van der Waals surface area contributed by atoms with Gasteiger partial charge in [0.2, 0.25) is 0 Å². The molecule has 0 atom stereocenters. The van der Waals surface area contributed by atoms with Gasteiger partial charge in [-0.1, -0.05) is 54.6 Å². The van der Waals surface area contributed by atoms with Gasteiger partial charge in [-0.3, -0.25) is 24.1 Å². The maximum Gasteiger partial charge on any atom is 0.306 e. The van der Waals surface area contributed by atoms with E-state index in [0.29, 0.717) is 22.1 Å². The Bertz CT molecular complexity index is 1100. The maximum atomic E-state index is 12.8. The van der Waals surface area contributed by atoms with Crippen LogP contribution in [0.5, 0.6) is 0 Å². The first kappa shape index (κ1) is 19.5. The normalized spacial score (nSPS) is 12.9. The first-order valence-corrected chi connectivity index (χ1v) is 9.68. The van der Waals surface area contributed by atoms with Gasteiger partial charge >= 0.3 is 5.97 Å². The SMILES string of the molecule is O=C(CCCN1C(=O)c2cccc3cccc(c23)C1=O)OCC(=O)c1ccccc1. The highest BCUT2D eigenvalue weighted by Crippen LogP contribution is 2.30. The number of ether oxygens (including phenoxy) is 1. The molecule has 1 aliphatic heterocycles. The highest BCUT2D eigenvalue weighted by atomic mass is 16.5. The number of imide groups is 1. The van der Waals surface area contributed by atoms with Gasteiger partial charge in [0, 0.05) is 35.0 Å². The third-order valence-corrected chi connectivity index (χ3v) is 5.08. The molecular weight excluding hydrogens is 382 g/mol. The molecule has 3 aromatic rings. The summed E-state index contributed by atoms with van der Waals surface area (Å²) in [6, 6.07) is 19.3. The number of benzene rings is 3. The van der Waals surface area contributed by atoms with E-state index in [9.17, 15) is 19.2 Å².